The largest absolute Gasteiger partial charge is 0.381 e. The van der Waals surface area contributed by atoms with Crippen molar-refractivity contribution in [2.45, 2.75) is 36.9 Å². The number of rotatable bonds is 5. The molecule has 1 spiro atoms. The van der Waals surface area contributed by atoms with E-state index in [1.165, 1.54) is 16.7 Å². The van der Waals surface area contributed by atoms with Crippen molar-refractivity contribution in [1.29, 1.82) is 0 Å². The maximum Gasteiger partial charge on any atom is 0.120 e. The first-order valence-electron chi connectivity index (χ1n) is 9.74. The molecule has 2 aromatic carbocycles. The first-order valence-corrected chi connectivity index (χ1v) is 9.74. The van der Waals surface area contributed by atoms with Gasteiger partial charge in [0.1, 0.15) is 5.60 Å². The molecule has 1 saturated heterocycles. The van der Waals surface area contributed by atoms with Crippen LogP contribution in [0, 0.1) is 0 Å². The van der Waals surface area contributed by atoms with Crippen molar-refractivity contribution in [3.63, 3.8) is 0 Å². The molecule has 0 radical (unpaired) electrons. The fraction of sp³-hybridized carbons (Fsp3) is 0.478. The van der Waals surface area contributed by atoms with Crippen LogP contribution in [0.3, 0.4) is 0 Å². The van der Waals surface area contributed by atoms with Crippen LogP contribution >= 0.6 is 0 Å². The van der Waals surface area contributed by atoms with Gasteiger partial charge in [-0.25, -0.2) is 0 Å². The Hall–Kier alpha value is -1.68. The lowest BCUT2D eigenvalue weighted by Gasteiger charge is -2.39. The molecule has 0 amide bonds. The maximum atomic E-state index is 7.12. The van der Waals surface area contributed by atoms with E-state index >= 15 is 0 Å². The summed E-state index contributed by atoms with van der Waals surface area (Å²) in [5, 5.41) is 0. The summed E-state index contributed by atoms with van der Waals surface area (Å²) in [6, 6.07) is 19.7. The zero-order valence-corrected chi connectivity index (χ0v) is 15.9. The van der Waals surface area contributed by atoms with Gasteiger partial charge < -0.3 is 14.4 Å². The van der Waals surface area contributed by atoms with Crippen LogP contribution < -0.4 is 0 Å². The normalized spacial score (nSPS) is 24.1. The molecular formula is C23H29NO2. The topological polar surface area (TPSA) is 21.7 Å². The van der Waals surface area contributed by atoms with E-state index < -0.39 is 0 Å². The molecule has 1 atom stereocenters. The summed E-state index contributed by atoms with van der Waals surface area (Å²) in [5.74, 6) is 0. The lowest BCUT2D eigenvalue weighted by Crippen LogP contribution is -2.38. The van der Waals surface area contributed by atoms with E-state index in [0.29, 0.717) is 0 Å². The van der Waals surface area contributed by atoms with Crippen LogP contribution in [0.2, 0.25) is 0 Å². The second kappa shape index (κ2) is 7.15. The first kappa shape index (κ1) is 17.7. The van der Waals surface area contributed by atoms with Gasteiger partial charge in [0.25, 0.3) is 0 Å². The van der Waals surface area contributed by atoms with Gasteiger partial charge in [-0.3, -0.25) is 0 Å². The molecule has 4 rings (SSSR count). The van der Waals surface area contributed by atoms with Crippen molar-refractivity contribution in [3.05, 3.63) is 71.3 Å². The van der Waals surface area contributed by atoms with Crippen LogP contribution in [0.15, 0.2) is 54.6 Å². The third kappa shape index (κ3) is 2.98. The third-order valence-corrected chi connectivity index (χ3v) is 5.90. The van der Waals surface area contributed by atoms with Crippen molar-refractivity contribution in [2.24, 2.45) is 0 Å². The number of benzene rings is 2. The Morgan fingerprint density at radius 3 is 2.23 bits per heavy atom. The predicted molar refractivity (Wildman–Crippen MR) is 104 cm³/mol. The van der Waals surface area contributed by atoms with Gasteiger partial charge in [0.15, 0.2) is 0 Å². The predicted octanol–water partition coefficient (Wildman–Crippen LogP) is 4.31. The quantitative estimate of drug-likeness (QED) is 0.801. The molecule has 3 heteroatoms. The van der Waals surface area contributed by atoms with Crippen molar-refractivity contribution in [1.82, 2.24) is 4.90 Å². The van der Waals surface area contributed by atoms with E-state index in [-0.39, 0.29) is 11.2 Å². The van der Waals surface area contributed by atoms with Gasteiger partial charge in [0, 0.05) is 26.1 Å². The summed E-state index contributed by atoms with van der Waals surface area (Å²) in [6.07, 6.45) is 3.97. The Bertz CT molecular complexity index is 737. The highest BCUT2D eigenvalue weighted by atomic mass is 16.5. The summed E-state index contributed by atoms with van der Waals surface area (Å²) < 4.78 is 12.8. The maximum absolute atomic E-state index is 7.12. The minimum atomic E-state index is -0.356. The van der Waals surface area contributed by atoms with Crippen molar-refractivity contribution >= 4 is 0 Å². The molecule has 26 heavy (non-hydrogen) atoms. The molecule has 0 aromatic heterocycles. The molecule has 2 aliphatic rings. The Morgan fingerprint density at radius 2 is 1.54 bits per heavy atom. The summed E-state index contributed by atoms with van der Waals surface area (Å²) in [4.78, 5) is 2.25. The number of nitrogens with zero attached hydrogens (tertiary/aromatic N) is 1. The smallest absolute Gasteiger partial charge is 0.120 e. The van der Waals surface area contributed by atoms with E-state index in [1.807, 2.05) is 0 Å². The molecule has 2 aliphatic heterocycles. The Kier molecular flexibility index (Phi) is 4.87. The van der Waals surface area contributed by atoms with E-state index in [1.54, 1.807) is 0 Å². The van der Waals surface area contributed by atoms with E-state index in [2.05, 4.69) is 73.6 Å². The molecule has 138 valence electrons. The van der Waals surface area contributed by atoms with Gasteiger partial charge in [-0.2, -0.15) is 0 Å². The van der Waals surface area contributed by atoms with Gasteiger partial charge in [-0.15, -0.1) is 0 Å². The van der Waals surface area contributed by atoms with Gasteiger partial charge >= 0.3 is 0 Å². The van der Waals surface area contributed by atoms with Crippen LogP contribution in [0.1, 0.15) is 42.4 Å². The second-order valence-corrected chi connectivity index (χ2v) is 7.85. The molecule has 1 fully saturated rings. The second-order valence-electron chi connectivity index (χ2n) is 7.85. The zero-order chi connectivity index (χ0) is 18.0. The van der Waals surface area contributed by atoms with E-state index in [9.17, 15) is 0 Å². The summed E-state index contributed by atoms with van der Waals surface area (Å²) in [5.41, 5.74) is 3.44. The molecule has 0 bridgehead atoms. The van der Waals surface area contributed by atoms with Gasteiger partial charge in [-0.05, 0) is 50.2 Å². The van der Waals surface area contributed by atoms with Crippen molar-refractivity contribution < 1.29 is 9.47 Å². The van der Waals surface area contributed by atoms with Crippen LogP contribution in [0.5, 0.6) is 0 Å². The summed E-state index contributed by atoms with van der Waals surface area (Å²) in [6.45, 7) is 2.62. The van der Waals surface area contributed by atoms with E-state index in [0.717, 1.165) is 45.4 Å². The number of ether oxygens (including phenoxy) is 2. The van der Waals surface area contributed by atoms with Crippen LogP contribution in [-0.4, -0.2) is 38.8 Å². The van der Waals surface area contributed by atoms with Crippen LogP contribution in [0.25, 0.3) is 0 Å². The lowest BCUT2D eigenvalue weighted by molar-refractivity contribution is -0.166. The monoisotopic (exact) mass is 351 g/mol. The third-order valence-electron chi connectivity index (χ3n) is 5.90. The fourth-order valence-corrected chi connectivity index (χ4v) is 4.64. The highest BCUT2D eigenvalue weighted by Crippen LogP contribution is 2.56. The van der Waals surface area contributed by atoms with Gasteiger partial charge in [-0.1, -0.05) is 54.6 Å². The number of hydrogen-bond acceptors (Lipinski definition) is 3. The highest BCUT2D eigenvalue weighted by Gasteiger charge is 2.54. The minimum Gasteiger partial charge on any atom is -0.381 e. The Balaban J connectivity index is 1.80. The molecule has 0 aliphatic carbocycles. The Morgan fingerprint density at radius 1 is 0.885 bits per heavy atom. The van der Waals surface area contributed by atoms with Crippen molar-refractivity contribution in [3.8, 4) is 0 Å². The molecule has 3 nitrogen and oxygen atoms in total. The molecule has 0 saturated carbocycles. The highest BCUT2D eigenvalue weighted by molar-refractivity contribution is 5.48. The lowest BCUT2D eigenvalue weighted by atomic mass is 9.79. The van der Waals surface area contributed by atoms with Crippen LogP contribution in [0.4, 0.5) is 0 Å². The fourth-order valence-electron chi connectivity index (χ4n) is 4.64. The van der Waals surface area contributed by atoms with Gasteiger partial charge in [0.05, 0.1) is 5.60 Å². The number of fused-ring (bicyclic) bond motifs is 2. The molecule has 1 unspecified atom stereocenters. The standard InChI is InChI=1S/C23H29NO2/c1-24(2)16-8-13-23(19-9-4-3-5-10-19)21-12-7-6-11-20(21)22(26-23)14-17-25-18-15-22/h3-7,9-12H,8,13-18H2,1-2H3. The summed E-state index contributed by atoms with van der Waals surface area (Å²) in [7, 11) is 4.28. The van der Waals surface area contributed by atoms with Crippen LogP contribution in [-0.2, 0) is 20.7 Å². The molecular weight excluding hydrogens is 322 g/mol. The number of hydrogen-bond donors (Lipinski definition) is 0. The zero-order valence-electron chi connectivity index (χ0n) is 15.9. The Labute approximate surface area is 156 Å². The molecule has 2 heterocycles. The average Bonchev–Trinajstić information content (AvgIpc) is 2.94. The summed E-state index contributed by atoms with van der Waals surface area (Å²) >= 11 is 0. The SMILES string of the molecule is CN(C)CCCC1(c2ccccc2)OC2(CCOCC2)c2ccccc21. The minimum absolute atomic E-state index is 0.206. The van der Waals surface area contributed by atoms with E-state index in [4.69, 9.17) is 9.47 Å². The first-order chi connectivity index (χ1) is 12.7. The van der Waals surface area contributed by atoms with Gasteiger partial charge in [0.2, 0.25) is 0 Å². The molecule has 2 aromatic rings. The molecule has 0 N–H and O–H groups in total. The van der Waals surface area contributed by atoms with Crippen molar-refractivity contribution in [2.75, 3.05) is 33.9 Å². The average molecular weight is 351 g/mol.